The molecule has 0 saturated heterocycles. The van der Waals surface area contributed by atoms with Gasteiger partial charge in [-0.25, -0.2) is 0 Å². The highest BCUT2D eigenvalue weighted by Gasteiger charge is 2.28. The minimum absolute atomic E-state index is 0.0131. The Balaban J connectivity index is 2.10. The Morgan fingerprint density at radius 1 is 0.543 bits per heavy atom. The smallest absolute Gasteiger partial charge is 0.282 e. The summed E-state index contributed by atoms with van der Waals surface area (Å²) < 4.78 is 103. The monoisotopic (exact) mass is 532 g/mol. The molecule has 0 aliphatic carbocycles. The van der Waals surface area contributed by atoms with E-state index in [-0.39, 0.29) is 33.4 Å². The molecular weight excluding hydrogens is 516 g/mol. The van der Waals surface area contributed by atoms with E-state index in [1.165, 1.54) is 24.3 Å². The molecule has 0 fully saturated rings. The highest BCUT2D eigenvalue weighted by atomic mass is 32.2. The van der Waals surface area contributed by atoms with Crippen molar-refractivity contribution >= 4 is 62.7 Å². The lowest BCUT2D eigenvalue weighted by molar-refractivity contribution is 0.480. The predicted octanol–water partition coefficient (Wildman–Crippen LogP) is 3.91. The molecule has 0 bridgehead atoms. The van der Waals surface area contributed by atoms with E-state index in [0.717, 1.165) is 5.56 Å². The standard InChI is InChI=1S/C23H16O9S3/c24-33(25,26)18-9-6-14-11-15(10-13-4-2-1-3-5-13)22-20(35(30,31)32)12-19(34(27,28)29)17-8-7-16(18)21(14)23(17)22/h1-9,11-12H,10H2,(H,24,25,26)(H,27,28,29)(H,30,31,32). The van der Waals surface area contributed by atoms with E-state index in [2.05, 4.69) is 0 Å². The molecule has 5 aromatic rings. The quantitative estimate of drug-likeness (QED) is 0.225. The molecule has 0 heterocycles. The van der Waals surface area contributed by atoms with Gasteiger partial charge in [-0.2, -0.15) is 25.3 Å². The zero-order valence-electron chi connectivity index (χ0n) is 17.6. The molecule has 3 N–H and O–H groups in total. The Labute approximate surface area is 200 Å². The first-order valence-corrected chi connectivity index (χ1v) is 14.3. The lowest BCUT2D eigenvalue weighted by atomic mass is 9.89. The maximum absolute atomic E-state index is 12.4. The first kappa shape index (κ1) is 23.6. The van der Waals surface area contributed by atoms with Crippen LogP contribution in [0, 0.1) is 0 Å². The van der Waals surface area contributed by atoms with Crippen LogP contribution >= 0.6 is 0 Å². The zero-order valence-corrected chi connectivity index (χ0v) is 20.0. The second kappa shape index (κ2) is 7.68. The van der Waals surface area contributed by atoms with Crippen LogP contribution in [0.15, 0.2) is 81.4 Å². The second-order valence-corrected chi connectivity index (χ2v) is 12.2. The Bertz CT molecular complexity index is 1980. The van der Waals surface area contributed by atoms with Gasteiger partial charge in [0.15, 0.2) is 0 Å². The summed E-state index contributed by atoms with van der Waals surface area (Å²) in [7, 11) is -14.7. The van der Waals surface area contributed by atoms with Crippen molar-refractivity contribution in [3.63, 3.8) is 0 Å². The van der Waals surface area contributed by atoms with E-state index < -0.39 is 45.0 Å². The summed E-state index contributed by atoms with van der Waals surface area (Å²) in [6.07, 6.45) is 0.194. The molecule has 12 heteroatoms. The summed E-state index contributed by atoms with van der Waals surface area (Å²) in [5, 5.41) is 0.519. The first-order chi connectivity index (χ1) is 16.3. The van der Waals surface area contributed by atoms with Crippen molar-refractivity contribution in [2.75, 3.05) is 0 Å². The minimum atomic E-state index is -5.01. The highest BCUT2D eigenvalue weighted by molar-refractivity contribution is 7.87. The number of rotatable bonds is 5. The molecule has 35 heavy (non-hydrogen) atoms. The third kappa shape index (κ3) is 3.93. The summed E-state index contributed by atoms with van der Waals surface area (Å²) in [6, 6.07) is 16.4. The summed E-state index contributed by atoms with van der Waals surface area (Å²) in [4.78, 5) is -1.99. The molecular formula is C23H16O9S3. The lowest BCUT2D eigenvalue weighted by Gasteiger charge is -2.19. The van der Waals surface area contributed by atoms with Crippen LogP contribution in [0.5, 0.6) is 0 Å². The molecule has 0 aliphatic rings. The molecule has 0 saturated carbocycles. The summed E-state index contributed by atoms with van der Waals surface area (Å²) >= 11 is 0. The first-order valence-electron chi connectivity index (χ1n) is 10.0. The Hall–Kier alpha value is -3.13. The van der Waals surface area contributed by atoms with Crippen LogP contribution in [0.4, 0.5) is 0 Å². The average Bonchev–Trinajstić information content (AvgIpc) is 2.75. The van der Waals surface area contributed by atoms with E-state index >= 15 is 0 Å². The lowest BCUT2D eigenvalue weighted by Crippen LogP contribution is -2.08. The molecule has 0 radical (unpaired) electrons. The van der Waals surface area contributed by atoms with Crippen molar-refractivity contribution in [2.24, 2.45) is 0 Å². The van der Waals surface area contributed by atoms with Crippen molar-refractivity contribution in [3.05, 3.63) is 77.9 Å². The molecule has 0 aliphatic heterocycles. The molecule has 5 rings (SSSR count). The van der Waals surface area contributed by atoms with Crippen LogP contribution in [0.1, 0.15) is 11.1 Å². The zero-order chi connectivity index (χ0) is 25.3. The van der Waals surface area contributed by atoms with Gasteiger partial charge in [0.1, 0.15) is 14.7 Å². The third-order valence-electron chi connectivity index (χ3n) is 5.92. The van der Waals surface area contributed by atoms with Crippen molar-refractivity contribution in [1.82, 2.24) is 0 Å². The summed E-state index contributed by atoms with van der Waals surface area (Å²) in [6.45, 7) is 0. The Morgan fingerprint density at radius 3 is 1.69 bits per heavy atom. The van der Waals surface area contributed by atoms with Crippen LogP contribution in [-0.2, 0) is 36.8 Å². The van der Waals surface area contributed by atoms with Crippen molar-refractivity contribution in [1.29, 1.82) is 0 Å². The fourth-order valence-electron chi connectivity index (χ4n) is 4.60. The maximum Gasteiger partial charge on any atom is 0.295 e. The van der Waals surface area contributed by atoms with E-state index in [9.17, 15) is 38.9 Å². The van der Waals surface area contributed by atoms with E-state index in [4.69, 9.17) is 0 Å². The van der Waals surface area contributed by atoms with E-state index in [1.807, 2.05) is 0 Å². The van der Waals surface area contributed by atoms with Crippen molar-refractivity contribution in [2.45, 2.75) is 21.1 Å². The van der Waals surface area contributed by atoms with Gasteiger partial charge in [-0.3, -0.25) is 13.7 Å². The molecule has 180 valence electrons. The molecule has 9 nitrogen and oxygen atoms in total. The van der Waals surface area contributed by atoms with Crippen LogP contribution < -0.4 is 0 Å². The largest absolute Gasteiger partial charge is 0.295 e. The molecule has 0 amide bonds. The van der Waals surface area contributed by atoms with Crippen LogP contribution in [0.3, 0.4) is 0 Å². The van der Waals surface area contributed by atoms with Gasteiger partial charge in [-0.15, -0.1) is 0 Å². The summed E-state index contributed by atoms with van der Waals surface area (Å²) in [5.41, 5.74) is 1.20. The molecule has 0 spiro atoms. The average molecular weight is 533 g/mol. The second-order valence-electron chi connectivity index (χ2n) is 8.07. The van der Waals surface area contributed by atoms with Gasteiger partial charge in [-0.1, -0.05) is 54.6 Å². The Kier molecular flexibility index (Phi) is 5.18. The summed E-state index contributed by atoms with van der Waals surface area (Å²) in [5.74, 6) is 0. The van der Waals surface area contributed by atoms with Crippen molar-refractivity contribution in [3.8, 4) is 0 Å². The van der Waals surface area contributed by atoms with Gasteiger partial charge in [0.25, 0.3) is 30.4 Å². The van der Waals surface area contributed by atoms with E-state index in [0.29, 0.717) is 17.0 Å². The van der Waals surface area contributed by atoms with Gasteiger partial charge >= 0.3 is 0 Å². The Morgan fingerprint density at radius 2 is 1.11 bits per heavy atom. The normalized spacial score (nSPS) is 13.2. The predicted molar refractivity (Wildman–Crippen MR) is 129 cm³/mol. The number of hydrogen-bond acceptors (Lipinski definition) is 6. The molecule has 0 aromatic heterocycles. The van der Waals surface area contributed by atoms with Gasteiger partial charge in [0.05, 0.1) is 0 Å². The third-order valence-corrected chi connectivity index (χ3v) is 8.60. The topological polar surface area (TPSA) is 163 Å². The molecule has 5 aromatic carbocycles. The fourth-order valence-corrected chi connectivity index (χ4v) is 6.83. The van der Waals surface area contributed by atoms with Gasteiger partial charge in [0.2, 0.25) is 0 Å². The van der Waals surface area contributed by atoms with Crippen LogP contribution in [-0.4, -0.2) is 38.9 Å². The maximum atomic E-state index is 12.4. The number of benzene rings is 5. The fraction of sp³-hybridized carbons (Fsp3) is 0.0435. The molecule has 0 unspecified atom stereocenters. The molecule has 0 atom stereocenters. The number of hydrogen-bond donors (Lipinski definition) is 3. The highest BCUT2D eigenvalue weighted by Crippen LogP contribution is 2.44. The SMILES string of the molecule is O=S(=O)(O)c1ccc2cc(Cc3ccccc3)c3c(S(=O)(=O)O)cc(S(=O)(=O)O)c4ccc1c2c43. The van der Waals surface area contributed by atoms with Gasteiger partial charge in [-0.05, 0) is 40.5 Å². The van der Waals surface area contributed by atoms with E-state index in [1.54, 1.807) is 36.4 Å². The van der Waals surface area contributed by atoms with Crippen molar-refractivity contribution < 1.29 is 38.9 Å². The minimum Gasteiger partial charge on any atom is -0.282 e. The van der Waals surface area contributed by atoms with Crippen LogP contribution in [0.25, 0.3) is 32.3 Å². The van der Waals surface area contributed by atoms with Gasteiger partial charge < -0.3 is 0 Å². The van der Waals surface area contributed by atoms with Gasteiger partial charge in [0, 0.05) is 21.5 Å². The van der Waals surface area contributed by atoms with Crippen LogP contribution in [0.2, 0.25) is 0 Å².